The minimum atomic E-state index is -3.57. The molecule has 1 aromatic heterocycles. The second-order valence-electron chi connectivity index (χ2n) is 7.22. The molecule has 0 spiro atoms. The number of carbonyl (C=O) groups is 1. The Kier molecular flexibility index (Phi) is 6.76. The highest BCUT2D eigenvalue weighted by Crippen LogP contribution is 2.31. The van der Waals surface area contributed by atoms with E-state index in [2.05, 4.69) is 10.3 Å². The number of rotatable bonds is 6. The van der Waals surface area contributed by atoms with Crippen LogP contribution in [0.15, 0.2) is 69.8 Å². The summed E-state index contributed by atoms with van der Waals surface area (Å²) in [5.41, 5.74) is 1.83. The molecule has 2 heterocycles. The fraction of sp³-hybridized carbons (Fsp3) is 0.273. The van der Waals surface area contributed by atoms with Gasteiger partial charge in [0.05, 0.1) is 10.6 Å². The van der Waals surface area contributed by atoms with Crippen LogP contribution in [0.3, 0.4) is 0 Å². The summed E-state index contributed by atoms with van der Waals surface area (Å²) in [6, 6.07) is 16.8. The van der Waals surface area contributed by atoms with Gasteiger partial charge in [0.1, 0.15) is 0 Å². The first-order valence-corrected chi connectivity index (χ1v) is 13.5. The van der Waals surface area contributed by atoms with Crippen LogP contribution in [-0.2, 0) is 14.8 Å². The van der Waals surface area contributed by atoms with Gasteiger partial charge in [-0.3, -0.25) is 4.79 Å². The second kappa shape index (κ2) is 9.52. The number of hydrogen-bond acceptors (Lipinski definition) is 6. The molecule has 6 nitrogen and oxygen atoms in total. The van der Waals surface area contributed by atoms with Crippen LogP contribution in [0.2, 0.25) is 0 Å². The van der Waals surface area contributed by atoms with E-state index in [1.54, 1.807) is 12.1 Å². The van der Waals surface area contributed by atoms with E-state index >= 15 is 0 Å². The zero-order chi connectivity index (χ0) is 21.8. The van der Waals surface area contributed by atoms with Gasteiger partial charge in [-0.15, -0.1) is 23.1 Å². The number of nitrogens with one attached hydrogen (secondary N) is 1. The molecule has 31 heavy (non-hydrogen) atoms. The summed E-state index contributed by atoms with van der Waals surface area (Å²) < 4.78 is 27.6. The zero-order valence-electron chi connectivity index (χ0n) is 17.0. The number of piperidine rings is 1. The number of nitrogens with zero attached hydrogens (tertiary/aromatic N) is 2. The van der Waals surface area contributed by atoms with Crippen molar-refractivity contribution in [1.29, 1.82) is 0 Å². The van der Waals surface area contributed by atoms with Crippen LogP contribution in [0, 0.1) is 5.92 Å². The minimum Gasteiger partial charge on any atom is -0.302 e. The molecular weight excluding hydrogens is 450 g/mol. The van der Waals surface area contributed by atoms with Crippen LogP contribution in [0.1, 0.15) is 12.8 Å². The Morgan fingerprint density at radius 3 is 2.48 bits per heavy atom. The lowest BCUT2D eigenvalue weighted by atomic mass is 9.97. The Balaban J connectivity index is 1.38. The van der Waals surface area contributed by atoms with Crippen molar-refractivity contribution >= 4 is 44.2 Å². The van der Waals surface area contributed by atoms with E-state index in [9.17, 15) is 13.2 Å². The Bertz CT molecular complexity index is 1150. The zero-order valence-corrected chi connectivity index (χ0v) is 19.5. The highest BCUT2D eigenvalue weighted by Gasteiger charge is 2.33. The molecule has 4 rings (SSSR count). The van der Waals surface area contributed by atoms with Crippen molar-refractivity contribution in [3.63, 3.8) is 0 Å². The maximum Gasteiger partial charge on any atom is 0.244 e. The highest BCUT2D eigenvalue weighted by molar-refractivity contribution is 7.99. The summed E-state index contributed by atoms with van der Waals surface area (Å²) in [6.07, 6.45) is 2.85. The molecule has 0 radical (unpaired) electrons. The van der Waals surface area contributed by atoms with E-state index in [1.165, 1.54) is 27.4 Å². The molecule has 0 aliphatic carbocycles. The van der Waals surface area contributed by atoms with Gasteiger partial charge >= 0.3 is 0 Å². The van der Waals surface area contributed by atoms with Gasteiger partial charge in [-0.05, 0) is 31.2 Å². The predicted octanol–water partition coefficient (Wildman–Crippen LogP) is 4.57. The number of thiazole rings is 1. The number of thioether (sulfide) groups is 1. The molecule has 1 N–H and O–H groups in total. The van der Waals surface area contributed by atoms with Gasteiger partial charge in [0.15, 0.2) is 5.13 Å². The van der Waals surface area contributed by atoms with Crippen LogP contribution in [-0.4, -0.2) is 43.0 Å². The number of aromatic nitrogens is 1. The van der Waals surface area contributed by atoms with Crippen molar-refractivity contribution in [3.05, 3.63) is 60.0 Å². The van der Waals surface area contributed by atoms with Crippen molar-refractivity contribution in [3.8, 4) is 11.3 Å². The van der Waals surface area contributed by atoms with Crippen LogP contribution >= 0.6 is 23.1 Å². The summed E-state index contributed by atoms with van der Waals surface area (Å²) >= 11 is 2.81. The van der Waals surface area contributed by atoms with Crippen molar-refractivity contribution in [1.82, 2.24) is 9.29 Å². The lowest BCUT2D eigenvalue weighted by Gasteiger charge is -2.30. The molecule has 162 valence electrons. The SMILES string of the molecule is CSc1ccccc1S(=O)(=O)N1CCC(C(=O)Nc2nc(-c3ccccc3)cs2)CC1. The molecule has 1 amide bonds. The number of benzene rings is 2. The van der Waals surface area contributed by atoms with Gasteiger partial charge in [-0.25, -0.2) is 13.4 Å². The van der Waals surface area contributed by atoms with Crippen molar-refractivity contribution < 1.29 is 13.2 Å². The Morgan fingerprint density at radius 1 is 1.10 bits per heavy atom. The lowest BCUT2D eigenvalue weighted by molar-refractivity contribution is -0.120. The maximum atomic E-state index is 13.1. The summed E-state index contributed by atoms with van der Waals surface area (Å²) in [4.78, 5) is 18.3. The molecule has 2 aromatic carbocycles. The summed E-state index contributed by atoms with van der Waals surface area (Å²) in [6.45, 7) is 0.659. The van der Waals surface area contributed by atoms with E-state index in [0.717, 1.165) is 16.2 Å². The number of anilines is 1. The quantitative estimate of drug-likeness (QED) is 0.531. The summed E-state index contributed by atoms with van der Waals surface area (Å²) in [7, 11) is -3.57. The first kappa shape index (κ1) is 22.0. The third-order valence-electron chi connectivity index (χ3n) is 5.32. The number of amides is 1. The van der Waals surface area contributed by atoms with Crippen molar-refractivity contribution in [2.24, 2.45) is 5.92 Å². The molecule has 0 unspecified atom stereocenters. The van der Waals surface area contributed by atoms with E-state index in [1.807, 2.05) is 54.1 Å². The van der Waals surface area contributed by atoms with Gasteiger partial charge in [-0.1, -0.05) is 42.5 Å². The Hall–Kier alpha value is -2.20. The third kappa shape index (κ3) is 4.85. The fourth-order valence-corrected chi connectivity index (χ4v) is 6.92. The second-order valence-corrected chi connectivity index (χ2v) is 10.8. The lowest BCUT2D eigenvalue weighted by Crippen LogP contribution is -2.41. The largest absolute Gasteiger partial charge is 0.302 e. The molecular formula is C22H23N3O3S3. The first-order chi connectivity index (χ1) is 15.0. The molecule has 0 bridgehead atoms. The average Bonchev–Trinajstić information content (AvgIpc) is 3.28. The monoisotopic (exact) mass is 473 g/mol. The predicted molar refractivity (Wildman–Crippen MR) is 126 cm³/mol. The number of sulfonamides is 1. The maximum absolute atomic E-state index is 13.1. The molecule has 1 fully saturated rings. The topological polar surface area (TPSA) is 79.4 Å². The molecule has 1 aliphatic heterocycles. The van der Waals surface area contributed by atoms with Gasteiger partial charge in [0.25, 0.3) is 0 Å². The normalized spacial score (nSPS) is 15.6. The van der Waals surface area contributed by atoms with Crippen LogP contribution in [0.4, 0.5) is 5.13 Å². The van der Waals surface area contributed by atoms with Crippen LogP contribution in [0.25, 0.3) is 11.3 Å². The van der Waals surface area contributed by atoms with E-state index in [0.29, 0.717) is 36.0 Å². The molecule has 0 saturated carbocycles. The molecule has 1 saturated heterocycles. The minimum absolute atomic E-state index is 0.101. The van der Waals surface area contributed by atoms with Gasteiger partial charge < -0.3 is 5.32 Å². The van der Waals surface area contributed by atoms with E-state index < -0.39 is 10.0 Å². The van der Waals surface area contributed by atoms with Crippen LogP contribution in [0.5, 0.6) is 0 Å². The molecule has 1 aliphatic rings. The first-order valence-electron chi connectivity index (χ1n) is 9.94. The average molecular weight is 474 g/mol. The van der Waals surface area contributed by atoms with E-state index in [-0.39, 0.29) is 11.8 Å². The third-order valence-corrected chi connectivity index (χ3v) is 8.96. The smallest absolute Gasteiger partial charge is 0.244 e. The number of hydrogen-bond donors (Lipinski definition) is 1. The Morgan fingerprint density at radius 2 is 1.77 bits per heavy atom. The molecule has 3 aromatic rings. The highest BCUT2D eigenvalue weighted by atomic mass is 32.2. The van der Waals surface area contributed by atoms with Crippen LogP contribution < -0.4 is 5.32 Å². The molecule has 9 heteroatoms. The Labute approximate surface area is 190 Å². The molecule has 0 atom stereocenters. The van der Waals surface area contributed by atoms with Gasteiger partial charge in [0, 0.05) is 34.8 Å². The summed E-state index contributed by atoms with van der Waals surface area (Å²) in [5, 5.41) is 5.39. The van der Waals surface area contributed by atoms with Crippen molar-refractivity contribution in [2.45, 2.75) is 22.6 Å². The van der Waals surface area contributed by atoms with E-state index in [4.69, 9.17) is 0 Å². The van der Waals surface area contributed by atoms with Gasteiger partial charge in [-0.2, -0.15) is 4.31 Å². The summed E-state index contributed by atoms with van der Waals surface area (Å²) in [5.74, 6) is -0.332. The van der Waals surface area contributed by atoms with Gasteiger partial charge in [0.2, 0.25) is 15.9 Å². The van der Waals surface area contributed by atoms with Crippen molar-refractivity contribution in [2.75, 3.05) is 24.7 Å². The standard InChI is InChI=1S/C22H23N3O3S3/c1-29-19-9-5-6-10-20(19)31(27,28)25-13-11-17(12-14-25)21(26)24-22-23-18(15-30-22)16-7-3-2-4-8-16/h2-10,15,17H,11-14H2,1H3,(H,23,24,26). The number of carbonyl (C=O) groups excluding carboxylic acids is 1. The fourth-order valence-electron chi connectivity index (χ4n) is 3.61.